The molecule has 9 nitrogen and oxygen atoms in total. The summed E-state index contributed by atoms with van der Waals surface area (Å²) in [6, 6.07) is 11.4. The van der Waals surface area contributed by atoms with Crippen molar-refractivity contribution < 1.29 is 32.2 Å². The molecule has 2 aromatic carbocycles. The highest BCUT2D eigenvalue weighted by atomic mass is 32.2. The lowest BCUT2D eigenvalue weighted by Crippen LogP contribution is -2.48. The molecule has 1 atom stereocenters. The van der Waals surface area contributed by atoms with E-state index in [0.717, 1.165) is 0 Å². The fourth-order valence-corrected chi connectivity index (χ4v) is 5.14. The summed E-state index contributed by atoms with van der Waals surface area (Å²) in [6.07, 6.45) is -0.944. The monoisotopic (exact) mass is 476 g/mol. The summed E-state index contributed by atoms with van der Waals surface area (Å²) >= 11 is 0. The van der Waals surface area contributed by atoms with Gasteiger partial charge >= 0.3 is 5.97 Å². The SMILES string of the molecule is CCN(CC)S(=O)(=O)c1ccc(OCC(=O)N2CC(C(=O)OC)Oc3ccccc32)c(C)c1. The van der Waals surface area contributed by atoms with Gasteiger partial charge in [-0.15, -0.1) is 0 Å². The summed E-state index contributed by atoms with van der Waals surface area (Å²) in [5, 5.41) is 0. The van der Waals surface area contributed by atoms with Crippen LogP contribution >= 0.6 is 0 Å². The largest absolute Gasteiger partial charge is 0.483 e. The van der Waals surface area contributed by atoms with E-state index in [4.69, 9.17) is 14.2 Å². The fourth-order valence-electron chi connectivity index (χ4n) is 3.60. The van der Waals surface area contributed by atoms with Crippen LogP contribution in [0.25, 0.3) is 0 Å². The molecule has 33 heavy (non-hydrogen) atoms. The molecule has 2 aromatic rings. The van der Waals surface area contributed by atoms with Crippen molar-refractivity contribution in [3.05, 3.63) is 48.0 Å². The number of esters is 1. The number of amides is 1. The number of hydrogen-bond acceptors (Lipinski definition) is 7. The maximum atomic E-state index is 13.0. The second kappa shape index (κ2) is 10.2. The zero-order chi connectivity index (χ0) is 24.2. The lowest BCUT2D eigenvalue weighted by molar-refractivity contribution is -0.148. The van der Waals surface area contributed by atoms with Crippen molar-refractivity contribution in [3.8, 4) is 11.5 Å². The highest BCUT2D eigenvalue weighted by Gasteiger charge is 2.34. The van der Waals surface area contributed by atoms with Crippen molar-refractivity contribution in [3.63, 3.8) is 0 Å². The molecule has 1 unspecified atom stereocenters. The summed E-state index contributed by atoms with van der Waals surface area (Å²) in [4.78, 5) is 26.6. The van der Waals surface area contributed by atoms with Crippen LogP contribution in [0.15, 0.2) is 47.4 Å². The van der Waals surface area contributed by atoms with Crippen LogP contribution in [0.2, 0.25) is 0 Å². The molecule has 10 heteroatoms. The van der Waals surface area contributed by atoms with E-state index in [9.17, 15) is 18.0 Å². The number of ether oxygens (including phenoxy) is 3. The van der Waals surface area contributed by atoms with Crippen LogP contribution < -0.4 is 14.4 Å². The van der Waals surface area contributed by atoms with Crippen molar-refractivity contribution in [2.24, 2.45) is 0 Å². The number of aryl methyl sites for hydroxylation is 1. The molecule has 0 aliphatic carbocycles. The van der Waals surface area contributed by atoms with Crippen molar-refractivity contribution in [1.82, 2.24) is 4.31 Å². The minimum absolute atomic E-state index is 0.00802. The number of methoxy groups -OCH3 is 1. The molecule has 1 aliphatic rings. The van der Waals surface area contributed by atoms with Crippen LogP contribution in [0.4, 0.5) is 5.69 Å². The minimum Gasteiger partial charge on any atom is -0.483 e. The van der Waals surface area contributed by atoms with Gasteiger partial charge in [-0.05, 0) is 42.8 Å². The van der Waals surface area contributed by atoms with E-state index in [1.165, 1.54) is 28.4 Å². The van der Waals surface area contributed by atoms with Crippen LogP contribution in [0.1, 0.15) is 19.4 Å². The van der Waals surface area contributed by atoms with Gasteiger partial charge in [-0.25, -0.2) is 13.2 Å². The second-order valence-corrected chi connectivity index (χ2v) is 9.34. The molecule has 178 valence electrons. The Kier molecular flexibility index (Phi) is 7.60. The molecule has 0 bridgehead atoms. The van der Waals surface area contributed by atoms with E-state index in [1.807, 2.05) is 0 Å². The normalized spacial score (nSPS) is 15.5. The summed E-state index contributed by atoms with van der Waals surface area (Å²) in [6.45, 7) is 5.73. The molecule has 0 aromatic heterocycles. The van der Waals surface area contributed by atoms with Crippen LogP contribution in [0, 0.1) is 6.92 Å². The zero-order valence-corrected chi connectivity index (χ0v) is 19.9. The number of para-hydroxylation sites is 2. The minimum atomic E-state index is -3.59. The van der Waals surface area contributed by atoms with E-state index in [-0.39, 0.29) is 24.0 Å². The average Bonchev–Trinajstić information content (AvgIpc) is 2.82. The van der Waals surface area contributed by atoms with Gasteiger partial charge in [0.25, 0.3) is 5.91 Å². The van der Waals surface area contributed by atoms with Gasteiger partial charge < -0.3 is 19.1 Å². The maximum Gasteiger partial charge on any atom is 0.348 e. The quantitative estimate of drug-likeness (QED) is 0.539. The zero-order valence-electron chi connectivity index (χ0n) is 19.1. The van der Waals surface area contributed by atoms with Gasteiger partial charge in [0.15, 0.2) is 6.61 Å². The number of hydrogen-bond donors (Lipinski definition) is 0. The first-order chi connectivity index (χ1) is 15.7. The molecule has 0 fully saturated rings. The Hall–Kier alpha value is -3.11. The highest BCUT2D eigenvalue weighted by molar-refractivity contribution is 7.89. The van der Waals surface area contributed by atoms with Crippen LogP contribution in [0.5, 0.6) is 11.5 Å². The van der Waals surface area contributed by atoms with Crippen molar-refractivity contribution >= 4 is 27.6 Å². The average molecular weight is 477 g/mol. The van der Waals surface area contributed by atoms with Gasteiger partial charge in [-0.2, -0.15) is 4.31 Å². The molecule has 0 N–H and O–H groups in total. The number of sulfonamides is 1. The Balaban J connectivity index is 1.76. The first-order valence-corrected chi connectivity index (χ1v) is 12.0. The highest BCUT2D eigenvalue weighted by Crippen LogP contribution is 2.33. The molecule has 0 spiro atoms. The Bertz CT molecular complexity index is 1130. The number of anilines is 1. The van der Waals surface area contributed by atoms with Crippen molar-refractivity contribution in [1.29, 1.82) is 0 Å². The Labute approximate surface area is 193 Å². The molecule has 1 heterocycles. The topological polar surface area (TPSA) is 102 Å². The number of rotatable bonds is 8. The van der Waals surface area contributed by atoms with Gasteiger partial charge in [0.05, 0.1) is 24.2 Å². The first-order valence-electron chi connectivity index (χ1n) is 10.6. The predicted octanol–water partition coefficient (Wildman–Crippen LogP) is 2.37. The third-order valence-electron chi connectivity index (χ3n) is 5.38. The lowest BCUT2D eigenvalue weighted by Gasteiger charge is -2.33. The number of fused-ring (bicyclic) bond motifs is 1. The summed E-state index contributed by atoms with van der Waals surface area (Å²) in [5.41, 5.74) is 1.12. The molecular weight excluding hydrogens is 448 g/mol. The first kappa shape index (κ1) is 24.5. The summed E-state index contributed by atoms with van der Waals surface area (Å²) in [7, 11) is -2.34. The smallest absolute Gasteiger partial charge is 0.348 e. The number of carbonyl (C=O) groups excluding carboxylic acids is 2. The predicted molar refractivity (Wildman–Crippen MR) is 122 cm³/mol. The summed E-state index contributed by atoms with van der Waals surface area (Å²) in [5.74, 6) is -0.162. The number of benzene rings is 2. The lowest BCUT2D eigenvalue weighted by atomic mass is 10.2. The van der Waals surface area contributed by atoms with Gasteiger partial charge in [0, 0.05) is 13.1 Å². The van der Waals surface area contributed by atoms with Crippen LogP contribution in [0.3, 0.4) is 0 Å². The number of carbonyl (C=O) groups is 2. The molecule has 0 saturated carbocycles. The molecule has 1 aliphatic heterocycles. The third-order valence-corrected chi connectivity index (χ3v) is 7.43. The Morgan fingerprint density at radius 2 is 1.85 bits per heavy atom. The van der Waals surface area contributed by atoms with E-state index < -0.39 is 22.1 Å². The van der Waals surface area contributed by atoms with E-state index in [2.05, 4.69) is 0 Å². The maximum absolute atomic E-state index is 13.0. The molecule has 0 saturated heterocycles. The standard InChI is InChI=1S/C23H28N2O7S/c1-5-24(6-2)33(28,29)17-11-12-19(16(3)13-17)31-15-22(26)25-14-21(23(27)30-4)32-20-10-8-7-9-18(20)25/h7-13,21H,5-6,14-15H2,1-4H3. The van der Waals surface area contributed by atoms with Gasteiger partial charge in [0.1, 0.15) is 11.5 Å². The van der Waals surface area contributed by atoms with E-state index in [1.54, 1.807) is 51.1 Å². The van der Waals surface area contributed by atoms with Crippen LogP contribution in [-0.4, -0.2) is 64.1 Å². The third kappa shape index (κ3) is 5.12. The van der Waals surface area contributed by atoms with Gasteiger partial charge in [0.2, 0.25) is 16.1 Å². The van der Waals surface area contributed by atoms with Crippen molar-refractivity contribution in [2.75, 3.05) is 38.3 Å². The van der Waals surface area contributed by atoms with Gasteiger partial charge in [-0.1, -0.05) is 26.0 Å². The molecular formula is C23H28N2O7S. The molecule has 0 radical (unpaired) electrons. The van der Waals surface area contributed by atoms with E-state index in [0.29, 0.717) is 35.8 Å². The molecule has 1 amide bonds. The van der Waals surface area contributed by atoms with Gasteiger partial charge in [-0.3, -0.25) is 4.79 Å². The van der Waals surface area contributed by atoms with Crippen LogP contribution in [-0.2, 0) is 24.3 Å². The Morgan fingerprint density at radius 3 is 2.48 bits per heavy atom. The Morgan fingerprint density at radius 1 is 1.15 bits per heavy atom. The summed E-state index contributed by atoms with van der Waals surface area (Å²) < 4.78 is 43.0. The fraction of sp³-hybridized carbons (Fsp3) is 0.391. The van der Waals surface area contributed by atoms with E-state index >= 15 is 0 Å². The molecule has 3 rings (SSSR count). The number of nitrogens with zero attached hydrogens (tertiary/aromatic N) is 2. The second-order valence-electron chi connectivity index (χ2n) is 7.41. The van der Waals surface area contributed by atoms with Crippen molar-refractivity contribution in [2.45, 2.75) is 31.8 Å².